The number of hydrogen-bond donors (Lipinski definition) is 1. The van der Waals surface area contributed by atoms with Crippen LogP contribution in [0, 0.1) is 0 Å². The largest absolute Gasteiger partial charge is 0.426 e. The molecule has 0 fully saturated rings. The fourth-order valence-electron chi connectivity index (χ4n) is 1.44. The average molecular weight is 248 g/mol. The highest BCUT2D eigenvalue weighted by molar-refractivity contribution is 5.76. The maximum absolute atomic E-state index is 5.75. The molecule has 0 spiro atoms. The monoisotopic (exact) mass is 248 g/mol. The molecule has 100 valence electrons. The molecule has 1 N–H and O–H groups in total. The van der Waals surface area contributed by atoms with Crippen LogP contribution in [0.25, 0.3) is 0 Å². The first kappa shape index (κ1) is 14.6. The smallest absolute Gasteiger partial charge is 0.290 e. The Morgan fingerprint density at radius 2 is 1.83 bits per heavy atom. The Bertz CT molecular complexity index is 336. The van der Waals surface area contributed by atoms with Crippen LogP contribution in [0.3, 0.4) is 0 Å². The molecule has 1 aromatic carbocycles. The Morgan fingerprint density at radius 1 is 1.11 bits per heavy atom. The summed E-state index contributed by atoms with van der Waals surface area (Å²) >= 11 is 0. The molecule has 3 nitrogen and oxygen atoms in total. The van der Waals surface area contributed by atoms with Crippen LogP contribution in [0.15, 0.2) is 35.3 Å². The fourth-order valence-corrected chi connectivity index (χ4v) is 1.44. The summed E-state index contributed by atoms with van der Waals surface area (Å²) in [5.74, 6) is 0.830. The van der Waals surface area contributed by atoms with Crippen LogP contribution in [-0.2, 0) is 0 Å². The number of amidine groups is 1. The lowest BCUT2D eigenvalue weighted by atomic mass is 10.3. The third-order valence-electron chi connectivity index (χ3n) is 2.53. The number of benzene rings is 1. The number of aliphatic imine (C=N–C) groups is 1. The second kappa shape index (κ2) is 9.51. The first-order valence-corrected chi connectivity index (χ1v) is 6.88. The normalized spacial score (nSPS) is 11.3. The van der Waals surface area contributed by atoms with Crippen molar-refractivity contribution in [3.05, 3.63) is 30.3 Å². The molecule has 0 amide bonds. The summed E-state index contributed by atoms with van der Waals surface area (Å²) in [5, 5.41) is 3.26. The third-order valence-corrected chi connectivity index (χ3v) is 2.53. The van der Waals surface area contributed by atoms with Gasteiger partial charge in [-0.3, -0.25) is 0 Å². The third kappa shape index (κ3) is 6.28. The van der Waals surface area contributed by atoms with Gasteiger partial charge in [-0.2, -0.15) is 0 Å². The topological polar surface area (TPSA) is 33.6 Å². The Labute approximate surface area is 110 Å². The van der Waals surface area contributed by atoms with Gasteiger partial charge in [-0.25, -0.2) is 4.99 Å². The van der Waals surface area contributed by atoms with Gasteiger partial charge in [0.1, 0.15) is 5.75 Å². The zero-order chi connectivity index (χ0) is 13.1. The Morgan fingerprint density at radius 3 is 2.50 bits per heavy atom. The van der Waals surface area contributed by atoms with Gasteiger partial charge in [0.25, 0.3) is 6.02 Å². The minimum atomic E-state index is 0.642. The fraction of sp³-hybridized carbons (Fsp3) is 0.533. The molecule has 18 heavy (non-hydrogen) atoms. The highest BCUT2D eigenvalue weighted by Crippen LogP contribution is 2.08. The predicted molar refractivity (Wildman–Crippen MR) is 77.2 cm³/mol. The molecule has 0 unspecified atom stereocenters. The van der Waals surface area contributed by atoms with Gasteiger partial charge < -0.3 is 10.1 Å². The van der Waals surface area contributed by atoms with Crippen LogP contribution in [0.2, 0.25) is 0 Å². The molecule has 0 radical (unpaired) electrons. The predicted octanol–water partition coefficient (Wildman–Crippen LogP) is 3.61. The van der Waals surface area contributed by atoms with E-state index in [9.17, 15) is 0 Å². The molecule has 1 aromatic rings. The number of ether oxygens (including phenoxy) is 1. The number of nitrogens with zero attached hydrogens (tertiary/aromatic N) is 1. The number of para-hydroxylation sites is 1. The molecule has 0 saturated carbocycles. The van der Waals surface area contributed by atoms with E-state index in [1.165, 1.54) is 6.42 Å². The highest BCUT2D eigenvalue weighted by atomic mass is 16.5. The van der Waals surface area contributed by atoms with E-state index in [1.54, 1.807) is 0 Å². The molecule has 3 heteroatoms. The molecule has 0 aliphatic heterocycles. The summed E-state index contributed by atoms with van der Waals surface area (Å²) in [7, 11) is 0. The number of unbranched alkanes of at least 4 members (excludes halogenated alkanes) is 2. The SMILES string of the molecule is CCCCN=C(NCCCC)Oc1ccccc1. The summed E-state index contributed by atoms with van der Waals surface area (Å²) in [6, 6.07) is 10.4. The number of rotatable bonds is 7. The van der Waals surface area contributed by atoms with Crippen molar-refractivity contribution < 1.29 is 4.74 Å². The first-order chi connectivity index (χ1) is 8.86. The lowest BCUT2D eigenvalue weighted by Gasteiger charge is -2.10. The van der Waals surface area contributed by atoms with Crippen molar-refractivity contribution in [2.45, 2.75) is 39.5 Å². The minimum absolute atomic E-state index is 0.642. The van der Waals surface area contributed by atoms with Crippen LogP contribution in [-0.4, -0.2) is 19.1 Å². The number of nitrogens with one attached hydrogen (secondary N) is 1. The molecular weight excluding hydrogens is 224 g/mol. The van der Waals surface area contributed by atoms with Gasteiger partial charge in [-0.1, -0.05) is 44.9 Å². The van der Waals surface area contributed by atoms with Crippen molar-refractivity contribution in [2.75, 3.05) is 13.1 Å². The maximum Gasteiger partial charge on any atom is 0.290 e. The maximum atomic E-state index is 5.75. The number of hydrogen-bond acceptors (Lipinski definition) is 2. The molecule has 1 rings (SSSR count). The van der Waals surface area contributed by atoms with Crippen LogP contribution in [0.4, 0.5) is 0 Å². The quantitative estimate of drug-likeness (QED) is 0.454. The van der Waals surface area contributed by atoms with Crippen LogP contribution in [0.1, 0.15) is 39.5 Å². The van der Waals surface area contributed by atoms with Gasteiger partial charge in [-0.15, -0.1) is 0 Å². The van der Waals surface area contributed by atoms with E-state index in [2.05, 4.69) is 24.2 Å². The molecule has 0 aliphatic carbocycles. The van der Waals surface area contributed by atoms with E-state index < -0.39 is 0 Å². The zero-order valence-electron chi connectivity index (χ0n) is 11.5. The lowest BCUT2D eigenvalue weighted by molar-refractivity contribution is 0.507. The Balaban J connectivity index is 2.50. The van der Waals surface area contributed by atoms with Crippen molar-refractivity contribution in [1.82, 2.24) is 5.32 Å². The van der Waals surface area contributed by atoms with Gasteiger partial charge in [0.15, 0.2) is 0 Å². The standard InChI is InChI=1S/C15H24N2O/c1-3-5-12-16-15(17-13-6-4-2)18-14-10-8-7-9-11-14/h7-11H,3-6,12-13H2,1-2H3,(H,16,17). The van der Waals surface area contributed by atoms with Gasteiger partial charge in [-0.05, 0) is 25.0 Å². The van der Waals surface area contributed by atoms with E-state index >= 15 is 0 Å². The van der Waals surface area contributed by atoms with E-state index in [1.807, 2.05) is 30.3 Å². The summed E-state index contributed by atoms with van der Waals surface area (Å²) < 4.78 is 5.75. The Hall–Kier alpha value is -1.51. The zero-order valence-corrected chi connectivity index (χ0v) is 11.5. The van der Waals surface area contributed by atoms with E-state index in [-0.39, 0.29) is 0 Å². The van der Waals surface area contributed by atoms with Crippen molar-refractivity contribution in [2.24, 2.45) is 4.99 Å². The molecule has 0 heterocycles. The Kier molecular flexibility index (Phi) is 7.69. The first-order valence-electron chi connectivity index (χ1n) is 6.88. The van der Waals surface area contributed by atoms with E-state index in [0.717, 1.165) is 38.1 Å². The van der Waals surface area contributed by atoms with Gasteiger partial charge in [0.2, 0.25) is 0 Å². The second-order valence-electron chi connectivity index (χ2n) is 4.24. The molecule has 0 aliphatic rings. The van der Waals surface area contributed by atoms with E-state index in [4.69, 9.17) is 4.74 Å². The highest BCUT2D eigenvalue weighted by Gasteiger charge is 2.01. The second-order valence-corrected chi connectivity index (χ2v) is 4.24. The lowest BCUT2D eigenvalue weighted by Crippen LogP contribution is -2.30. The molecule has 0 atom stereocenters. The van der Waals surface area contributed by atoms with Crippen molar-refractivity contribution in [1.29, 1.82) is 0 Å². The molecule has 0 bridgehead atoms. The van der Waals surface area contributed by atoms with Crippen molar-refractivity contribution in [3.8, 4) is 5.75 Å². The summed E-state index contributed by atoms with van der Waals surface area (Å²) in [6.45, 7) is 6.07. The van der Waals surface area contributed by atoms with Gasteiger partial charge in [0.05, 0.1) is 0 Å². The molecule has 0 saturated heterocycles. The van der Waals surface area contributed by atoms with Crippen LogP contribution in [0.5, 0.6) is 5.75 Å². The summed E-state index contributed by atoms with van der Waals surface area (Å²) in [6.07, 6.45) is 4.54. The van der Waals surface area contributed by atoms with Gasteiger partial charge >= 0.3 is 0 Å². The van der Waals surface area contributed by atoms with Crippen LogP contribution < -0.4 is 10.1 Å². The molecular formula is C15H24N2O. The van der Waals surface area contributed by atoms with Crippen molar-refractivity contribution in [3.63, 3.8) is 0 Å². The van der Waals surface area contributed by atoms with Crippen LogP contribution >= 0.6 is 0 Å². The summed E-state index contributed by atoms with van der Waals surface area (Å²) in [4.78, 5) is 4.46. The average Bonchev–Trinajstić information content (AvgIpc) is 2.40. The summed E-state index contributed by atoms with van der Waals surface area (Å²) in [5.41, 5.74) is 0. The van der Waals surface area contributed by atoms with Crippen molar-refractivity contribution >= 4 is 6.02 Å². The van der Waals surface area contributed by atoms with Gasteiger partial charge in [0, 0.05) is 13.1 Å². The molecule has 0 aromatic heterocycles. The van der Waals surface area contributed by atoms with E-state index in [0.29, 0.717) is 6.02 Å². The minimum Gasteiger partial charge on any atom is -0.426 e.